The Bertz CT molecular complexity index is 364. The Labute approximate surface area is 101 Å². The van der Waals surface area contributed by atoms with Crippen molar-refractivity contribution >= 4 is 5.97 Å². The molecule has 6 heteroatoms. The van der Waals surface area contributed by atoms with E-state index in [2.05, 4.69) is 10.1 Å². The van der Waals surface area contributed by atoms with Crippen LogP contribution in [0.5, 0.6) is 0 Å². The standard InChI is InChI=1S/C11H20N4O2/c1-4-9(3)14(7-11(16)17)6-10-12-8-13-15(10)5-2/h8-9H,4-7H2,1-3H3,(H,16,17). The van der Waals surface area contributed by atoms with E-state index in [1.165, 1.54) is 6.33 Å². The zero-order chi connectivity index (χ0) is 12.8. The summed E-state index contributed by atoms with van der Waals surface area (Å²) in [6.07, 6.45) is 2.42. The molecular formula is C11H20N4O2. The number of carboxylic acids is 1. The van der Waals surface area contributed by atoms with Gasteiger partial charge in [0, 0.05) is 12.6 Å². The number of hydrogen-bond donors (Lipinski definition) is 1. The van der Waals surface area contributed by atoms with Crippen LogP contribution >= 0.6 is 0 Å². The van der Waals surface area contributed by atoms with Gasteiger partial charge in [0.1, 0.15) is 12.2 Å². The van der Waals surface area contributed by atoms with Crippen LogP contribution in [0.2, 0.25) is 0 Å². The van der Waals surface area contributed by atoms with E-state index < -0.39 is 5.97 Å². The van der Waals surface area contributed by atoms with Crippen molar-refractivity contribution < 1.29 is 9.90 Å². The minimum Gasteiger partial charge on any atom is -0.480 e. The minimum atomic E-state index is -0.812. The van der Waals surface area contributed by atoms with E-state index in [0.717, 1.165) is 18.8 Å². The molecule has 1 atom stereocenters. The normalized spacial score (nSPS) is 12.9. The number of carboxylic acid groups (broad SMARTS) is 1. The maximum absolute atomic E-state index is 10.8. The molecule has 0 aliphatic heterocycles. The molecule has 0 aliphatic rings. The van der Waals surface area contributed by atoms with Gasteiger partial charge in [-0.3, -0.25) is 9.69 Å². The molecule has 0 amide bonds. The molecule has 1 aromatic heterocycles. The molecule has 1 rings (SSSR count). The van der Waals surface area contributed by atoms with Gasteiger partial charge < -0.3 is 5.11 Å². The smallest absolute Gasteiger partial charge is 0.317 e. The van der Waals surface area contributed by atoms with Crippen LogP contribution in [0.15, 0.2) is 6.33 Å². The molecule has 0 fully saturated rings. The number of rotatable bonds is 7. The first-order valence-electron chi connectivity index (χ1n) is 5.91. The summed E-state index contributed by atoms with van der Waals surface area (Å²) in [5, 5.41) is 13.0. The third kappa shape index (κ3) is 3.81. The average molecular weight is 240 g/mol. The lowest BCUT2D eigenvalue weighted by atomic mass is 10.2. The van der Waals surface area contributed by atoms with Crippen molar-refractivity contribution in [2.45, 2.75) is 46.3 Å². The van der Waals surface area contributed by atoms with E-state index in [4.69, 9.17) is 5.11 Å². The first-order chi connectivity index (χ1) is 8.08. The highest BCUT2D eigenvalue weighted by Crippen LogP contribution is 2.08. The highest BCUT2D eigenvalue weighted by atomic mass is 16.4. The first-order valence-corrected chi connectivity index (χ1v) is 5.91. The van der Waals surface area contributed by atoms with Gasteiger partial charge >= 0.3 is 5.97 Å². The zero-order valence-corrected chi connectivity index (χ0v) is 10.6. The Morgan fingerprint density at radius 3 is 2.82 bits per heavy atom. The van der Waals surface area contributed by atoms with Crippen molar-refractivity contribution in [1.29, 1.82) is 0 Å². The Balaban J connectivity index is 2.75. The molecule has 1 heterocycles. The summed E-state index contributed by atoms with van der Waals surface area (Å²) in [5.74, 6) is 0.00177. The molecule has 1 unspecified atom stereocenters. The van der Waals surface area contributed by atoms with Crippen molar-refractivity contribution in [3.05, 3.63) is 12.2 Å². The average Bonchev–Trinajstić information content (AvgIpc) is 2.73. The summed E-state index contributed by atoms with van der Waals surface area (Å²) < 4.78 is 1.79. The second kappa shape index (κ2) is 6.34. The lowest BCUT2D eigenvalue weighted by Crippen LogP contribution is -2.37. The SMILES string of the molecule is CCC(C)N(CC(=O)O)Cc1ncnn1CC. The molecule has 1 N–H and O–H groups in total. The highest BCUT2D eigenvalue weighted by Gasteiger charge is 2.18. The second-order valence-electron chi connectivity index (χ2n) is 4.05. The van der Waals surface area contributed by atoms with Gasteiger partial charge in [-0.1, -0.05) is 6.92 Å². The van der Waals surface area contributed by atoms with Gasteiger partial charge in [-0.25, -0.2) is 9.67 Å². The molecule has 96 valence electrons. The third-order valence-corrected chi connectivity index (χ3v) is 2.89. The molecule has 0 aliphatic carbocycles. The van der Waals surface area contributed by atoms with Crippen LogP contribution in [-0.2, 0) is 17.9 Å². The molecule has 0 saturated heterocycles. The summed E-state index contributed by atoms with van der Waals surface area (Å²) in [6, 6.07) is 0.216. The third-order valence-electron chi connectivity index (χ3n) is 2.89. The molecule has 0 bridgehead atoms. The molecule has 17 heavy (non-hydrogen) atoms. The van der Waals surface area contributed by atoms with Crippen LogP contribution < -0.4 is 0 Å². The summed E-state index contributed by atoms with van der Waals surface area (Å²) >= 11 is 0. The quantitative estimate of drug-likeness (QED) is 0.769. The monoisotopic (exact) mass is 240 g/mol. The van der Waals surface area contributed by atoms with Gasteiger partial charge in [0.25, 0.3) is 0 Å². The van der Waals surface area contributed by atoms with E-state index in [-0.39, 0.29) is 12.6 Å². The molecule has 0 radical (unpaired) electrons. The Morgan fingerprint density at radius 2 is 2.29 bits per heavy atom. The number of hydrogen-bond acceptors (Lipinski definition) is 4. The molecule has 0 spiro atoms. The first kappa shape index (κ1) is 13.6. The number of aromatic nitrogens is 3. The minimum absolute atomic E-state index is 0.0333. The summed E-state index contributed by atoms with van der Waals surface area (Å²) in [4.78, 5) is 16.9. The fourth-order valence-electron chi connectivity index (χ4n) is 1.66. The molecule has 0 aromatic carbocycles. The molecular weight excluding hydrogens is 220 g/mol. The number of nitrogens with zero attached hydrogens (tertiary/aromatic N) is 4. The van der Waals surface area contributed by atoms with E-state index in [1.807, 2.05) is 25.7 Å². The van der Waals surface area contributed by atoms with Crippen molar-refractivity contribution in [3.8, 4) is 0 Å². The van der Waals surface area contributed by atoms with Crippen molar-refractivity contribution in [2.24, 2.45) is 0 Å². The fourth-order valence-corrected chi connectivity index (χ4v) is 1.66. The topological polar surface area (TPSA) is 71.2 Å². The zero-order valence-electron chi connectivity index (χ0n) is 10.6. The van der Waals surface area contributed by atoms with Crippen LogP contribution in [0, 0.1) is 0 Å². The maximum Gasteiger partial charge on any atom is 0.317 e. The maximum atomic E-state index is 10.8. The summed E-state index contributed by atoms with van der Waals surface area (Å²) in [5.41, 5.74) is 0. The largest absolute Gasteiger partial charge is 0.480 e. The van der Waals surface area contributed by atoms with Crippen LogP contribution in [-0.4, -0.2) is 43.3 Å². The van der Waals surface area contributed by atoms with Crippen molar-refractivity contribution in [3.63, 3.8) is 0 Å². The van der Waals surface area contributed by atoms with Gasteiger partial charge in [-0.2, -0.15) is 5.10 Å². The number of aliphatic carboxylic acids is 1. The van der Waals surface area contributed by atoms with Gasteiger partial charge in [0.05, 0.1) is 13.1 Å². The van der Waals surface area contributed by atoms with Crippen LogP contribution in [0.25, 0.3) is 0 Å². The number of carbonyl (C=O) groups is 1. The molecule has 6 nitrogen and oxygen atoms in total. The predicted octanol–water partition coefficient (Wildman–Crippen LogP) is 0.983. The molecule has 1 aromatic rings. The summed E-state index contributed by atoms with van der Waals surface area (Å²) in [6.45, 7) is 7.36. The second-order valence-corrected chi connectivity index (χ2v) is 4.05. The van der Waals surface area contributed by atoms with Crippen LogP contribution in [0.1, 0.15) is 33.0 Å². The van der Waals surface area contributed by atoms with Gasteiger partial charge in [-0.05, 0) is 20.3 Å². The number of aryl methyl sites for hydroxylation is 1. The lowest BCUT2D eigenvalue weighted by Gasteiger charge is -2.26. The fraction of sp³-hybridized carbons (Fsp3) is 0.727. The summed E-state index contributed by atoms with van der Waals surface area (Å²) in [7, 11) is 0. The predicted molar refractivity (Wildman–Crippen MR) is 63.5 cm³/mol. The van der Waals surface area contributed by atoms with Crippen LogP contribution in [0.3, 0.4) is 0 Å². The van der Waals surface area contributed by atoms with Crippen LogP contribution in [0.4, 0.5) is 0 Å². The van der Waals surface area contributed by atoms with E-state index in [0.29, 0.717) is 6.54 Å². The van der Waals surface area contributed by atoms with E-state index in [9.17, 15) is 4.79 Å². The Hall–Kier alpha value is -1.43. The van der Waals surface area contributed by atoms with Crippen molar-refractivity contribution in [2.75, 3.05) is 6.54 Å². The van der Waals surface area contributed by atoms with E-state index in [1.54, 1.807) is 4.68 Å². The van der Waals surface area contributed by atoms with Gasteiger partial charge in [0.15, 0.2) is 0 Å². The Kier molecular flexibility index (Phi) is 5.09. The van der Waals surface area contributed by atoms with Gasteiger partial charge in [0.2, 0.25) is 0 Å². The van der Waals surface area contributed by atoms with Crippen molar-refractivity contribution in [1.82, 2.24) is 19.7 Å². The van der Waals surface area contributed by atoms with Gasteiger partial charge in [-0.15, -0.1) is 0 Å². The highest BCUT2D eigenvalue weighted by molar-refractivity contribution is 5.69. The Morgan fingerprint density at radius 1 is 1.59 bits per heavy atom. The lowest BCUT2D eigenvalue weighted by molar-refractivity contribution is -0.139. The molecule has 0 saturated carbocycles. The van der Waals surface area contributed by atoms with E-state index >= 15 is 0 Å².